The molecule has 306 valence electrons. The first-order valence-corrected chi connectivity index (χ1v) is 19.9. The third kappa shape index (κ3) is 9.37. The van der Waals surface area contributed by atoms with Gasteiger partial charge in [0.05, 0.1) is 19.3 Å². The predicted octanol–water partition coefficient (Wildman–Crippen LogP) is 4.91. The van der Waals surface area contributed by atoms with Crippen molar-refractivity contribution >= 4 is 24.2 Å². The summed E-state index contributed by atoms with van der Waals surface area (Å²) in [5.41, 5.74) is 4.64. The third-order valence-corrected chi connectivity index (χ3v) is 12.5. The Hall–Kier alpha value is -4.07. The van der Waals surface area contributed by atoms with Crippen LogP contribution in [-0.2, 0) is 16.2 Å². The molecule has 1 heterocycles. The molecule has 2 bridgehead atoms. The Morgan fingerprint density at radius 1 is 1.18 bits per heavy atom. The molecule has 4 aliphatic rings. The van der Waals surface area contributed by atoms with E-state index in [9.17, 15) is 19.8 Å². The van der Waals surface area contributed by atoms with Crippen molar-refractivity contribution < 1.29 is 29.4 Å². The number of carbonyl (C=O) groups is 2. The molecule has 0 spiro atoms. The van der Waals surface area contributed by atoms with E-state index in [0.29, 0.717) is 55.2 Å². The quantitative estimate of drug-likeness (QED) is 0.123. The van der Waals surface area contributed by atoms with Crippen LogP contribution >= 0.6 is 0 Å². The number of likely N-dealkylation sites (N-methyl/N-ethyl adjacent to an activating group) is 1. The number of aliphatic hydroxyl groups is 2. The Bertz CT molecular complexity index is 1760. The van der Waals surface area contributed by atoms with E-state index in [1.165, 1.54) is 6.42 Å². The lowest BCUT2D eigenvalue weighted by Gasteiger charge is -2.62. The number of hydrogen-bond acceptors (Lipinski definition) is 10. The molecule has 4 N–H and O–H groups in total. The van der Waals surface area contributed by atoms with E-state index >= 15 is 0 Å². The smallest absolute Gasteiger partial charge is 0.251 e. The number of ether oxygens (including phenoxy) is 1. The summed E-state index contributed by atoms with van der Waals surface area (Å²) >= 11 is 0. The minimum absolute atomic E-state index is 0.0249. The number of nitrogens with one attached hydrogen (secondary N) is 2. The SMILES string of the molecule is C=C/C=C(/CCNC(=O)c1cc(-c2cccc(CN3O[C@@H](CO)[C@@H]([C@H](C)O)[C@H]3C(=O)N[C@H]3C[C@H]4C[C@@H]([C@@H]3C)C4(C)C)c2OCCN(C)C)cc(N(C)C)c1)N=C. The summed E-state index contributed by atoms with van der Waals surface area (Å²) < 4.78 is 6.60. The molecule has 0 unspecified atom stereocenters. The first kappa shape index (κ1) is 43.1. The number of benzene rings is 2. The highest BCUT2D eigenvalue weighted by Crippen LogP contribution is 2.61. The molecular weight excluding hydrogens is 709 g/mol. The van der Waals surface area contributed by atoms with Crippen LogP contribution in [0.3, 0.4) is 0 Å². The molecule has 3 saturated carbocycles. The van der Waals surface area contributed by atoms with Gasteiger partial charge in [0, 0.05) is 73.6 Å². The lowest BCUT2D eigenvalue weighted by molar-refractivity contribution is -0.183. The van der Waals surface area contributed by atoms with Crippen molar-refractivity contribution in [2.24, 2.45) is 34.1 Å². The van der Waals surface area contributed by atoms with E-state index in [1.807, 2.05) is 74.4 Å². The second-order valence-corrected chi connectivity index (χ2v) is 16.9. The Kier molecular flexibility index (Phi) is 14.2. The molecule has 0 aromatic heterocycles. The van der Waals surface area contributed by atoms with Gasteiger partial charge in [-0.05, 0) is 93.6 Å². The molecule has 8 atom stereocenters. The summed E-state index contributed by atoms with van der Waals surface area (Å²) in [7, 11) is 7.82. The highest BCUT2D eigenvalue weighted by molar-refractivity contribution is 5.97. The number of hydroxylamine groups is 2. The number of aliphatic imine (C=N–C) groups is 1. The first-order valence-electron chi connectivity index (χ1n) is 19.9. The molecular formula is C44H64N6O6. The van der Waals surface area contributed by atoms with Crippen LogP contribution in [0.4, 0.5) is 5.69 Å². The Balaban J connectivity index is 1.48. The lowest BCUT2D eigenvalue weighted by Crippen LogP contribution is -2.62. The minimum atomic E-state index is -0.915. The molecule has 6 rings (SSSR count). The van der Waals surface area contributed by atoms with Crippen molar-refractivity contribution in [3.8, 4) is 16.9 Å². The van der Waals surface area contributed by atoms with Gasteiger partial charge in [0.1, 0.15) is 24.5 Å². The number of amides is 2. The van der Waals surface area contributed by atoms with Gasteiger partial charge < -0.3 is 35.4 Å². The van der Waals surface area contributed by atoms with E-state index in [0.717, 1.165) is 34.5 Å². The number of hydrogen-bond donors (Lipinski definition) is 4. The highest BCUT2D eigenvalue weighted by Gasteiger charge is 2.57. The number of nitrogens with zero attached hydrogens (tertiary/aromatic N) is 4. The maximum absolute atomic E-state index is 14.4. The highest BCUT2D eigenvalue weighted by atomic mass is 16.7. The van der Waals surface area contributed by atoms with Crippen molar-refractivity contribution in [2.75, 3.05) is 59.4 Å². The molecule has 1 aliphatic heterocycles. The number of allylic oxidation sites excluding steroid dienone is 2. The maximum Gasteiger partial charge on any atom is 0.251 e. The average Bonchev–Trinajstić information content (AvgIpc) is 3.53. The number of carbonyl (C=O) groups excluding carboxylic acids is 2. The van der Waals surface area contributed by atoms with E-state index < -0.39 is 24.2 Å². The molecule has 1 saturated heterocycles. The van der Waals surface area contributed by atoms with Crippen molar-refractivity contribution in [1.29, 1.82) is 0 Å². The van der Waals surface area contributed by atoms with Gasteiger partial charge in [-0.15, -0.1) is 0 Å². The van der Waals surface area contributed by atoms with Crippen LogP contribution in [0.5, 0.6) is 5.75 Å². The lowest BCUT2D eigenvalue weighted by atomic mass is 9.45. The summed E-state index contributed by atoms with van der Waals surface area (Å²) in [6, 6.07) is 10.7. The van der Waals surface area contributed by atoms with Gasteiger partial charge in [-0.2, -0.15) is 5.06 Å². The summed E-state index contributed by atoms with van der Waals surface area (Å²) in [5.74, 6) is 0.933. The number of rotatable bonds is 18. The second kappa shape index (κ2) is 18.5. The summed E-state index contributed by atoms with van der Waals surface area (Å²) in [6.45, 7) is 17.1. The van der Waals surface area contributed by atoms with E-state index in [1.54, 1.807) is 24.1 Å². The maximum atomic E-state index is 14.4. The molecule has 3 aliphatic carbocycles. The van der Waals surface area contributed by atoms with E-state index in [-0.39, 0.29) is 36.4 Å². The topological polar surface area (TPSA) is 139 Å². The van der Waals surface area contributed by atoms with Crippen LogP contribution in [0.2, 0.25) is 0 Å². The molecule has 4 fully saturated rings. The Morgan fingerprint density at radius 2 is 1.93 bits per heavy atom. The molecule has 12 heteroatoms. The molecule has 12 nitrogen and oxygen atoms in total. The van der Waals surface area contributed by atoms with E-state index in [2.05, 4.69) is 49.7 Å². The van der Waals surface area contributed by atoms with Crippen molar-refractivity contribution in [2.45, 2.75) is 77.8 Å². The van der Waals surface area contributed by atoms with Gasteiger partial charge in [-0.3, -0.25) is 19.4 Å². The van der Waals surface area contributed by atoms with Gasteiger partial charge in [-0.25, -0.2) is 0 Å². The zero-order valence-electron chi connectivity index (χ0n) is 34.6. The van der Waals surface area contributed by atoms with Crippen LogP contribution in [0.25, 0.3) is 11.1 Å². The Labute approximate surface area is 333 Å². The second-order valence-electron chi connectivity index (χ2n) is 16.9. The zero-order chi connectivity index (χ0) is 40.9. The fourth-order valence-corrected chi connectivity index (χ4v) is 9.00. The standard InChI is InChI=1S/C44H64N6O6/c1-11-13-33(45-6)16-17-46-42(53)31-20-30(21-34(22-31)49(9)10)35-15-12-14-29(41(35)55-19-18-48(7)8)25-50-40(39(28(3)52)38(26-51)56-50)43(54)47-37-24-32-23-36(27(37)2)44(32,4)5/h11-15,20-22,27-28,32,36-40,51-52H,1,6,16-19,23-26H2,2-5,7-10H3,(H,46,53)(H,47,54)/b33-13-/t27-,28-,32+,36-,37-,38-,39+,40-/m0/s1. The van der Waals surface area contributed by atoms with Crippen molar-refractivity contribution in [3.63, 3.8) is 0 Å². The molecule has 2 aromatic carbocycles. The van der Waals surface area contributed by atoms with Gasteiger partial charge in [0.25, 0.3) is 5.91 Å². The predicted molar refractivity (Wildman–Crippen MR) is 223 cm³/mol. The third-order valence-electron chi connectivity index (χ3n) is 12.5. The minimum Gasteiger partial charge on any atom is -0.491 e. The van der Waals surface area contributed by atoms with Gasteiger partial charge in [0.2, 0.25) is 5.91 Å². The average molecular weight is 773 g/mol. The molecule has 56 heavy (non-hydrogen) atoms. The number of fused-ring (bicyclic) bond motifs is 2. The molecule has 2 amide bonds. The van der Waals surface area contributed by atoms with Gasteiger partial charge in [0.15, 0.2) is 0 Å². The zero-order valence-corrected chi connectivity index (χ0v) is 34.6. The summed E-state index contributed by atoms with van der Waals surface area (Å²) in [5, 5.41) is 29.5. The monoisotopic (exact) mass is 772 g/mol. The van der Waals surface area contributed by atoms with Crippen LogP contribution < -0.4 is 20.3 Å². The van der Waals surface area contributed by atoms with Crippen molar-refractivity contribution in [1.82, 2.24) is 20.6 Å². The van der Waals surface area contributed by atoms with Gasteiger partial charge in [-0.1, -0.05) is 51.6 Å². The van der Waals surface area contributed by atoms with Crippen LogP contribution in [0, 0.1) is 29.1 Å². The first-order chi connectivity index (χ1) is 26.6. The van der Waals surface area contributed by atoms with Gasteiger partial charge >= 0.3 is 0 Å². The fourth-order valence-electron chi connectivity index (χ4n) is 9.00. The summed E-state index contributed by atoms with van der Waals surface area (Å²) in [4.78, 5) is 42.3. The molecule has 2 aromatic rings. The normalized spacial score (nSPS) is 26.3. The number of para-hydroxylation sites is 1. The van der Waals surface area contributed by atoms with Crippen LogP contribution in [0.15, 0.2) is 65.8 Å². The number of anilines is 1. The number of aliphatic hydroxyl groups excluding tert-OH is 2. The molecule has 0 radical (unpaired) electrons. The van der Waals surface area contributed by atoms with Crippen LogP contribution in [0.1, 0.15) is 62.9 Å². The van der Waals surface area contributed by atoms with Crippen LogP contribution in [-0.4, -0.2) is 117 Å². The fraction of sp³-hybridized carbons (Fsp3) is 0.568. The van der Waals surface area contributed by atoms with Crippen molar-refractivity contribution in [3.05, 3.63) is 72.0 Å². The summed E-state index contributed by atoms with van der Waals surface area (Å²) in [6.07, 6.45) is 4.35. The largest absolute Gasteiger partial charge is 0.491 e. The van der Waals surface area contributed by atoms with E-state index in [4.69, 9.17) is 9.57 Å². The Morgan fingerprint density at radius 3 is 2.54 bits per heavy atom.